The lowest BCUT2D eigenvalue weighted by Gasteiger charge is -2.20. The summed E-state index contributed by atoms with van der Waals surface area (Å²) in [6, 6.07) is 10.2. The Kier molecular flexibility index (Phi) is 6.45. The number of aryl methyl sites for hydroxylation is 2. The molecule has 0 saturated carbocycles. The van der Waals surface area contributed by atoms with Gasteiger partial charge in [0.05, 0.1) is 5.39 Å². The molecule has 0 radical (unpaired) electrons. The summed E-state index contributed by atoms with van der Waals surface area (Å²) in [4.78, 5) is 22.8. The molecule has 0 amide bonds. The summed E-state index contributed by atoms with van der Waals surface area (Å²) in [5, 5.41) is 0.781. The van der Waals surface area contributed by atoms with Crippen LogP contribution < -0.4 is 5.56 Å². The molecule has 0 aliphatic rings. The second-order valence-electron chi connectivity index (χ2n) is 6.84. The molecule has 3 rings (SSSR count). The third-order valence-corrected chi connectivity index (χ3v) is 6.14. The third-order valence-electron chi connectivity index (χ3n) is 5.14. The molecule has 5 heteroatoms. The first-order chi connectivity index (χ1) is 13.1. The molecule has 2 heterocycles. The summed E-state index contributed by atoms with van der Waals surface area (Å²) >= 11 is 1.64. The zero-order chi connectivity index (χ0) is 19.4. The van der Waals surface area contributed by atoms with E-state index in [9.17, 15) is 4.79 Å². The van der Waals surface area contributed by atoms with E-state index >= 15 is 0 Å². The van der Waals surface area contributed by atoms with Gasteiger partial charge in [-0.3, -0.25) is 9.36 Å². The standard InChI is InChI=1S/C22H29N3OS/c1-5-11-18-23-21-20(22(26)25(18)15-14-24(6-2)7-3)19(16(4)27-21)17-12-9-8-10-13-17/h8-10,12-13H,5-7,11,14-15H2,1-4H3. The van der Waals surface area contributed by atoms with Gasteiger partial charge in [0.1, 0.15) is 10.7 Å². The Balaban J connectivity index is 2.17. The highest BCUT2D eigenvalue weighted by Gasteiger charge is 2.19. The topological polar surface area (TPSA) is 38.1 Å². The van der Waals surface area contributed by atoms with E-state index in [-0.39, 0.29) is 5.56 Å². The summed E-state index contributed by atoms with van der Waals surface area (Å²) in [7, 11) is 0. The maximum Gasteiger partial charge on any atom is 0.262 e. The zero-order valence-electron chi connectivity index (χ0n) is 16.8. The number of thiophene rings is 1. The van der Waals surface area contributed by atoms with Gasteiger partial charge in [0, 0.05) is 30.0 Å². The predicted octanol–water partition coefficient (Wildman–Crippen LogP) is 4.73. The fraction of sp³-hybridized carbons (Fsp3) is 0.455. The van der Waals surface area contributed by atoms with Gasteiger partial charge in [-0.15, -0.1) is 11.3 Å². The summed E-state index contributed by atoms with van der Waals surface area (Å²) in [5.41, 5.74) is 2.25. The second kappa shape index (κ2) is 8.81. The van der Waals surface area contributed by atoms with Crippen LogP contribution in [0.15, 0.2) is 35.1 Å². The summed E-state index contributed by atoms with van der Waals surface area (Å²) < 4.78 is 1.92. The lowest BCUT2D eigenvalue weighted by molar-refractivity contribution is 0.287. The number of benzene rings is 1. The molecule has 27 heavy (non-hydrogen) atoms. The quantitative estimate of drug-likeness (QED) is 0.564. The molecule has 0 spiro atoms. The smallest absolute Gasteiger partial charge is 0.262 e. The molecule has 144 valence electrons. The van der Waals surface area contributed by atoms with Crippen LogP contribution in [0.25, 0.3) is 21.3 Å². The predicted molar refractivity (Wildman–Crippen MR) is 116 cm³/mol. The first-order valence-corrected chi connectivity index (χ1v) is 10.7. The Labute approximate surface area is 165 Å². The van der Waals surface area contributed by atoms with E-state index in [1.54, 1.807) is 11.3 Å². The monoisotopic (exact) mass is 383 g/mol. The van der Waals surface area contributed by atoms with E-state index in [0.717, 1.165) is 64.5 Å². The number of nitrogens with zero attached hydrogens (tertiary/aromatic N) is 3. The minimum atomic E-state index is 0.110. The molecule has 0 bridgehead atoms. The van der Waals surface area contributed by atoms with E-state index in [1.807, 2.05) is 22.8 Å². The maximum absolute atomic E-state index is 13.5. The fourth-order valence-corrected chi connectivity index (χ4v) is 4.67. The van der Waals surface area contributed by atoms with Crippen molar-refractivity contribution in [2.24, 2.45) is 0 Å². The lowest BCUT2D eigenvalue weighted by Crippen LogP contribution is -2.33. The summed E-state index contributed by atoms with van der Waals surface area (Å²) in [6.07, 6.45) is 1.82. The van der Waals surface area contributed by atoms with Crippen molar-refractivity contribution in [3.05, 3.63) is 51.4 Å². The van der Waals surface area contributed by atoms with Crippen LogP contribution in [0.5, 0.6) is 0 Å². The zero-order valence-corrected chi connectivity index (χ0v) is 17.6. The van der Waals surface area contributed by atoms with Gasteiger partial charge < -0.3 is 4.90 Å². The molecule has 0 unspecified atom stereocenters. The van der Waals surface area contributed by atoms with Crippen molar-refractivity contribution in [3.63, 3.8) is 0 Å². The van der Waals surface area contributed by atoms with Gasteiger partial charge in [-0.1, -0.05) is 51.1 Å². The van der Waals surface area contributed by atoms with Crippen molar-refractivity contribution in [2.45, 2.75) is 47.1 Å². The third kappa shape index (κ3) is 3.99. The van der Waals surface area contributed by atoms with Crippen molar-refractivity contribution in [3.8, 4) is 11.1 Å². The first-order valence-electron chi connectivity index (χ1n) is 9.91. The number of hydrogen-bond acceptors (Lipinski definition) is 4. The Morgan fingerprint density at radius 2 is 1.81 bits per heavy atom. The van der Waals surface area contributed by atoms with Crippen molar-refractivity contribution >= 4 is 21.6 Å². The number of fused-ring (bicyclic) bond motifs is 1. The molecule has 3 aromatic rings. The van der Waals surface area contributed by atoms with E-state index < -0.39 is 0 Å². The molecular formula is C22H29N3OS. The number of likely N-dealkylation sites (N-methyl/N-ethyl adjacent to an activating group) is 1. The van der Waals surface area contributed by atoms with Gasteiger partial charge in [0.15, 0.2) is 0 Å². The molecule has 0 aliphatic carbocycles. The molecule has 2 aromatic heterocycles. The molecule has 0 N–H and O–H groups in total. The van der Waals surface area contributed by atoms with Crippen LogP contribution in [-0.4, -0.2) is 34.1 Å². The average Bonchev–Trinajstić information content (AvgIpc) is 3.01. The van der Waals surface area contributed by atoms with Gasteiger partial charge in [-0.2, -0.15) is 0 Å². The molecule has 0 atom stereocenters. The van der Waals surface area contributed by atoms with Gasteiger partial charge >= 0.3 is 0 Å². The van der Waals surface area contributed by atoms with E-state index in [4.69, 9.17) is 4.98 Å². The minimum absolute atomic E-state index is 0.110. The van der Waals surface area contributed by atoms with E-state index in [1.165, 1.54) is 0 Å². The highest BCUT2D eigenvalue weighted by Crippen LogP contribution is 2.35. The van der Waals surface area contributed by atoms with Crippen LogP contribution in [0.1, 0.15) is 37.9 Å². The van der Waals surface area contributed by atoms with Crippen LogP contribution in [0.4, 0.5) is 0 Å². The molecular weight excluding hydrogens is 354 g/mol. The fourth-order valence-electron chi connectivity index (χ4n) is 3.62. The second-order valence-corrected chi connectivity index (χ2v) is 8.04. The van der Waals surface area contributed by atoms with Crippen molar-refractivity contribution in [2.75, 3.05) is 19.6 Å². The Bertz CT molecular complexity index is 955. The van der Waals surface area contributed by atoms with E-state index in [2.05, 4.69) is 44.7 Å². The van der Waals surface area contributed by atoms with Crippen molar-refractivity contribution in [1.29, 1.82) is 0 Å². The van der Waals surface area contributed by atoms with Crippen molar-refractivity contribution < 1.29 is 0 Å². The van der Waals surface area contributed by atoms with Crippen LogP contribution in [-0.2, 0) is 13.0 Å². The number of hydrogen-bond donors (Lipinski definition) is 0. The first kappa shape index (κ1) is 19.8. The molecule has 0 saturated heterocycles. The summed E-state index contributed by atoms with van der Waals surface area (Å²) in [6.45, 7) is 12.1. The number of aromatic nitrogens is 2. The van der Waals surface area contributed by atoms with Gasteiger partial charge in [-0.25, -0.2) is 4.98 Å². The highest BCUT2D eigenvalue weighted by molar-refractivity contribution is 7.19. The van der Waals surface area contributed by atoms with E-state index in [0.29, 0.717) is 6.54 Å². The minimum Gasteiger partial charge on any atom is -0.302 e. The van der Waals surface area contributed by atoms with Crippen LogP contribution in [0.2, 0.25) is 0 Å². The average molecular weight is 384 g/mol. The van der Waals surface area contributed by atoms with Gasteiger partial charge in [-0.05, 0) is 32.0 Å². The van der Waals surface area contributed by atoms with Crippen LogP contribution in [0, 0.1) is 6.92 Å². The Morgan fingerprint density at radius 3 is 2.44 bits per heavy atom. The molecule has 1 aromatic carbocycles. The molecule has 0 aliphatic heterocycles. The van der Waals surface area contributed by atoms with Crippen LogP contribution in [0.3, 0.4) is 0 Å². The van der Waals surface area contributed by atoms with Gasteiger partial charge in [0.25, 0.3) is 5.56 Å². The lowest BCUT2D eigenvalue weighted by atomic mass is 10.0. The largest absolute Gasteiger partial charge is 0.302 e. The number of rotatable bonds is 8. The maximum atomic E-state index is 13.5. The van der Waals surface area contributed by atoms with Gasteiger partial charge in [0.2, 0.25) is 0 Å². The molecule has 4 nitrogen and oxygen atoms in total. The molecule has 0 fully saturated rings. The van der Waals surface area contributed by atoms with Crippen LogP contribution >= 0.6 is 11.3 Å². The SMILES string of the molecule is CCCc1nc2sc(C)c(-c3ccccc3)c2c(=O)n1CCN(CC)CC. The Hall–Kier alpha value is -1.98. The van der Waals surface area contributed by atoms with Crippen molar-refractivity contribution in [1.82, 2.24) is 14.5 Å². The Morgan fingerprint density at radius 1 is 1.11 bits per heavy atom. The highest BCUT2D eigenvalue weighted by atomic mass is 32.1. The normalized spacial score (nSPS) is 11.6. The summed E-state index contributed by atoms with van der Waals surface area (Å²) in [5.74, 6) is 0.919.